The highest BCUT2D eigenvalue weighted by Crippen LogP contribution is 2.19. The molecule has 30 heavy (non-hydrogen) atoms. The van der Waals surface area contributed by atoms with E-state index in [9.17, 15) is 14.4 Å². The molecule has 0 unspecified atom stereocenters. The molecule has 0 bridgehead atoms. The SMILES string of the molecule is CC(C)(C)N[C@@H](Cc1ccccc1)C(=O)N[C@@H](CCCNC(N)=O)C(=O)C(C)(C)C. The molecule has 5 N–H and O–H groups in total. The zero-order chi connectivity index (χ0) is 22.9. The summed E-state index contributed by atoms with van der Waals surface area (Å²) in [5.41, 5.74) is 5.27. The molecule has 1 rings (SSSR count). The van der Waals surface area contributed by atoms with Gasteiger partial charge in [0, 0.05) is 17.5 Å². The molecule has 7 heteroatoms. The third-order valence-corrected chi connectivity index (χ3v) is 4.55. The lowest BCUT2D eigenvalue weighted by molar-refractivity contribution is -0.133. The molecule has 0 fully saturated rings. The van der Waals surface area contributed by atoms with Crippen LogP contribution in [0.1, 0.15) is 59.9 Å². The van der Waals surface area contributed by atoms with Crippen LogP contribution in [0.15, 0.2) is 30.3 Å². The predicted octanol–water partition coefficient (Wildman–Crippen LogP) is 2.53. The van der Waals surface area contributed by atoms with Gasteiger partial charge in [-0.2, -0.15) is 0 Å². The molecule has 0 radical (unpaired) electrons. The third-order valence-electron chi connectivity index (χ3n) is 4.55. The fourth-order valence-corrected chi connectivity index (χ4v) is 3.16. The van der Waals surface area contributed by atoms with Crippen LogP contribution >= 0.6 is 0 Å². The second kappa shape index (κ2) is 11.1. The first-order valence-corrected chi connectivity index (χ1v) is 10.5. The first kappa shape index (κ1) is 25.6. The minimum atomic E-state index is -0.632. The van der Waals surface area contributed by atoms with Crippen molar-refractivity contribution < 1.29 is 14.4 Å². The number of rotatable bonds is 10. The van der Waals surface area contributed by atoms with Gasteiger partial charge in [0.15, 0.2) is 5.78 Å². The second-order valence-electron chi connectivity index (χ2n) is 9.75. The summed E-state index contributed by atoms with van der Waals surface area (Å²) in [4.78, 5) is 37.0. The van der Waals surface area contributed by atoms with Gasteiger partial charge in [-0.25, -0.2) is 4.79 Å². The molecule has 0 heterocycles. The highest BCUT2D eigenvalue weighted by Gasteiger charge is 2.33. The van der Waals surface area contributed by atoms with Crippen molar-refractivity contribution >= 4 is 17.7 Å². The quantitative estimate of drug-likeness (QED) is 0.437. The topological polar surface area (TPSA) is 113 Å². The molecular weight excluding hydrogens is 380 g/mol. The van der Waals surface area contributed by atoms with Gasteiger partial charge in [0.2, 0.25) is 5.91 Å². The molecule has 1 aromatic carbocycles. The van der Waals surface area contributed by atoms with Crippen LogP contribution < -0.4 is 21.7 Å². The van der Waals surface area contributed by atoms with Crippen molar-refractivity contribution in [2.24, 2.45) is 11.1 Å². The molecule has 0 aliphatic carbocycles. The van der Waals surface area contributed by atoms with E-state index in [2.05, 4.69) is 16.0 Å². The molecule has 0 saturated carbocycles. The summed E-state index contributed by atoms with van der Waals surface area (Å²) < 4.78 is 0. The molecule has 168 valence electrons. The van der Waals surface area contributed by atoms with E-state index in [1.807, 2.05) is 71.9 Å². The summed E-state index contributed by atoms with van der Waals surface area (Å²) in [6.45, 7) is 11.9. The van der Waals surface area contributed by atoms with Crippen molar-refractivity contribution in [3.05, 3.63) is 35.9 Å². The van der Waals surface area contributed by atoms with Crippen molar-refractivity contribution in [3.63, 3.8) is 0 Å². The van der Waals surface area contributed by atoms with E-state index >= 15 is 0 Å². The van der Waals surface area contributed by atoms with E-state index in [1.54, 1.807) is 0 Å². The molecule has 0 aliphatic heterocycles. The monoisotopic (exact) mass is 418 g/mol. The van der Waals surface area contributed by atoms with Gasteiger partial charge < -0.3 is 21.7 Å². The summed E-state index contributed by atoms with van der Waals surface area (Å²) in [5, 5.41) is 8.85. The Morgan fingerprint density at radius 3 is 2.07 bits per heavy atom. The Balaban J connectivity index is 2.95. The van der Waals surface area contributed by atoms with Crippen LogP contribution in [0.4, 0.5) is 4.79 Å². The largest absolute Gasteiger partial charge is 0.352 e. The molecule has 3 amide bonds. The van der Waals surface area contributed by atoms with Crippen LogP contribution in [0.25, 0.3) is 0 Å². The lowest BCUT2D eigenvalue weighted by atomic mass is 9.84. The first-order chi connectivity index (χ1) is 13.8. The van der Waals surface area contributed by atoms with Gasteiger partial charge in [0.1, 0.15) is 0 Å². The number of carbonyl (C=O) groups is 3. The van der Waals surface area contributed by atoms with E-state index in [1.165, 1.54) is 0 Å². The molecule has 0 spiro atoms. The Hall–Kier alpha value is -2.41. The minimum absolute atomic E-state index is 0.0378. The number of hydrogen-bond acceptors (Lipinski definition) is 4. The number of nitrogens with two attached hydrogens (primary N) is 1. The summed E-state index contributed by atoms with van der Waals surface area (Å²) in [5.74, 6) is -0.247. The highest BCUT2D eigenvalue weighted by molar-refractivity contribution is 5.93. The second-order valence-corrected chi connectivity index (χ2v) is 9.75. The van der Waals surface area contributed by atoms with Gasteiger partial charge in [-0.3, -0.25) is 9.59 Å². The third kappa shape index (κ3) is 9.87. The highest BCUT2D eigenvalue weighted by atomic mass is 16.2. The van der Waals surface area contributed by atoms with Gasteiger partial charge in [-0.15, -0.1) is 0 Å². The summed E-state index contributed by atoms with van der Waals surface area (Å²) in [6, 6.07) is 8.08. The normalized spacial score (nSPS) is 13.9. The average molecular weight is 419 g/mol. The summed E-state index contributed by atoms with van der Waals surface area (Å²) in [7, 11) is 0. The standard InChI is InChI=1S/C23H38N4O3/c1-22(2,3)19(28)17(13-10-14-25-21(24)30)26-20(29)18(27-23(4,5)6)15-16-11-8-7-9-12-16/h7-9,11-12,17-18,27H,10,13-15H2,1-6H3,(H,26,29)(H3,24,25,30)/t17-,18-/m0/s1. The van der Waals surface area contributed by atoms with E-state index < -0.39 is 23.5 Å². The Morgan fingerprint density at radius 2 is 1.57 bits per heavy atom. The Bertz CT molecular complexity index is 705. The molecule has 0 saturated heterocycles. The Labute approximate surface area is 180 Å². The van der Waals surface area contributed by atoms with E-state index in [-0.39, 0.29) is 17.2 Å². The van der Waals surface area contributed by atoms with Gasteiger partial charge in [-0.1, -0.05) is 51.1 Å². The van der Waals surface area contributed by atoms with E-state index in [0.29, 0.717) is 25.8 Å². The number of ketones is 1. The minimum Gasteiger partial charge on any atom is -0.352 e. The maximum absolute atomic E-state index is 13.2. The van der Waals surface area contributed by atoms with E-state index in [4.69, 9.17) is 5.73 Å². The predicted molar refractivity (Wildman–Crippen MR) is 120 cm³/mol. The van der Waals surface area contributed by atoms with Crippen molar-refractivity contribution in [1.82, 2.24) is 16.0 Å². The van der Waals surface area contributed by atoms with Crippen LogP contribution in [0.5, 0.6) is 0 Å². The number of primary amides is 1. The number of nitrogens with one attached hydrogen (secondary N) is 3. The van der Waals surface area contributed by atoms with Crippen LogP contribution in [-0.2, 0) is 16.0 Å². The van der Waals surface area contributed by atoms with Crippen LogP contribution in [0.3, 0.4) is 0 Å². The number of urea groups is 1. The van der Waals surface area contributed by atoms with Crippen molar-refractivity contribution in [3.8, 4) is 0 Å². The van der Waals surface area contributed by atoms with E-state index in [0.717, 1.165) is 5.56 Å². The van der Waals surface area contributed by atoms with Gasteiger partial charge in [0.05, 0.1) is 12.1 Å². The zero-order valence-electron chi connectivity index (χ0n) is 19.2. The lowest BCUT2D eigenvalue weighted by Crippen LogP contribution is -2.56. The smallest absolute Gasteiger partial charge is 0.312 e. The molecule has 7 nitrogen and oxygen atoms in total. The lowest BCUT2D eigenvalue weighted by Gasteiger charge is -2.31. The number of Topliss-reactive ketones (excluding diaryl/α,β-unsaturated/α-hetero) is 1. The molecule has 2 atom stereocenters. The number of carbonyl (C=O) groups excluding carboxylic acids is 3. The summed E-state index contributed by atoms with van der Waals surface area (Å²) >= 11 is 0. The molecule has 0 aliphatic rings. The number of amides is 3. The maximum atomic E-state index is 13.2. The fraction of sp³-hybridized carbons (Fsp3) is 0.609. The van der Waals surface area contributed by atoms with Gasteiger partial charge in [0.25, 0.3) is 0 Å². The zero-order valence-corrected chi connectivity index (χ0v) is 19.2. The fourth-order valence-electron chi connectivity index (χ4n) is 3.16. The first-order valence-electron chi connectivity index (χ1n) is 10.5. The van der Waals surface area contributed by atoms with Gasteiger partial charge >= 0.3 is 6.03 Å². The van der Waals surface area contributed by atoms with Crippen LogP contribution in [0.2, 0.25) is 0 Å². The van der Waals surface area contributed by atoms with Crippen LogP contribution in [0, 0.1) is 5.41 Å². The van der Waals surface area contributed by atoms with Crippen molar-refractivity contribution in [2.75, 3.05) is 6.54 Å². The molecule has 0 aromatic heterocycles. The molecule has 1 aromatic rings. The van der Waals surface area contributed by atoms with Crippen molar-refractivity contribution in [1.29, 1.82) is 0 Å². The van der Waals surface area contributed by atoms with Gasteiger partial charge in [-0.05, 0) is 45.6 Å². The maximum Gasteiger partial charge on any atom is 0.312 e. The molecular formula is C23H38N4O3. The average Bonchev–Trinajstić information content (AvgIpc) is 2.61. The summed E-state index contributed by atoms with van der Waals surface area (Å²) in [6.07, 6.45) is 1.48. The number of benzene rings is 1. The van der Waals surface area contributed by atoms with Crippen LogP contribution in [-0.4, -0.2) is 41.9 Å². The Kier molecular flexibility index (Phi) is 9.49. The number of hydrogen-bond donors (Lipinski definition) is 4. The van der Waals surface area contributed by atoms with Crippen molar-refractivity contribution in [2.45, 2.75) is 78.4 Å². The Morgan fingerprint density at radius 1 is 0.967 bits per heavy atom.